The van der Waals surface area contributed by atoms with Gasteiger partial charge in [0.1, 0.15) is 5.69 Å². The highest BCUT2D eigenvalue weighted by Gasteiger charge is 2.24. The third-order valence-electron chi connectivity index (χ3n) is 4.32. The van der Waals surface area contributed by atoms with E-state index in [0.29, 0.717) is 5.69 Å². The van der Waals surface area contributed by atoms with E-state index in [9.17, 15) is 19.7 Å². The molecule has 1 heterocycles. The zero-order valence-corrected chi connectivity index (χ0v) is 15.2. The minimum atomic E-state index is -0.751. The Morgan fingerprint density at radius 1 is 1.35 bits per heavy atom. The van der Waals surface area contributed by atoms with Crippen LogP contribution in [0.25, 0.3) is 0 Å². The van der Waals surface area contributed by atoms with Gasteiger partial charge in [-0.25, -0.2) is 4.79 Å². The largest absolute Gasteiger partial charge is 0.452 e. The van der Waals surface area contributed by atoms with Gasteiger partial charge in [-0.2, -0.15) is 0 Å². The number of nitrogens with zero attached hydrogens (tertiary/aromatic N) is 2. The van der Waals surface area contributed by atoms with Gasteiger partial charge in [-0.15, -0.1) is 0 Å². The Labute approximate surface area is 152 Å². The molecule has 1 atom stereocenters. The Balaban J connectivity index is 2.01. The molecule has 1 aromatic carbocycles. The molecule has 1 aromatic rings. The van der Waals surface area contributed by atoms with Gasteiger partial charge >= 0.3 is 5.97 Å². The lowest BCUT2D eigenvalue weighted by Gasteiger charge is -2.17. The molecule has 26 heavy (non-hydrogen) atoms. The van der Waals surface area contributed by atoms with Crippen molar-refractivity contribution in [2.24, 2.45) is 0 Å². The Kier molecular flexibility index (Phi) is 6.94. The van der Waals surface area contributed by atoms with E-state index in [2.05, 4.69) is 5.32 Å². The molecule has 1 N–H and O–H groups in total. The lowest BCUT2D eigenvalue weighted by molar-refractivity contribution is -0.384. The van der Waals surface area contributed by atoms with Gasteiger partial charge in [0.25, 0.3) is 11.6 Å². The van der Waals surface area contributed by atoms with E-state index in [4.69, 9.17) is 4.74 Å². The Hall–Kier alpha value is -2.64. The summed E-state index contributed by atoms with van der Waals surface area (Å²) < 4.78 is 4.98. The average molecular weight is 363 g/mol. The van der Waals surface area contributed by atoms with Crippen LogP contribution in [0.2, 0.25) is 0 Å². The summed E-state index contributed by atoms with van der Waals surface area (Å²) in [6.45, 7) is 5.01. The second-order valence-electron chi connectivity index (χ2n) is 6.49. The molecule has 0 unspecified atom stereocenters. The van der Waals surface area contributed by atoms with Crippen LogP contribution in [-0.4, -0.2) is 42.5 Å². The number of amides is 1. The molecule has 0 spiro atoms. The summed E-state index contributed by atoms with van der Waals surface area (Å²) in [5.41, 5.74) is 0.451. The maximum Gasteiger partial charge on any atom is 0.338 e. The fourth-order valence-electron chi connectivity index (χ4n) is 3.06. The van der Waals surface area contributed by atoms with Crippen LogP contribution >= 0.6 is 0 Å². The minimum Gasteiger partial charge on any atom is -0.452 e. The molecular weight excluding hydrogens is 338 g/mol. The molecule has 8 nitrogen and oxygen atoms in total. The molecule has 1 aliphatic rings. The van der Waals surface area contributed by atoms with Crippen molar-refractivity contribution in [3.05, 3.63) is 33.9 Å². The number of carbonyl (C=O) groups excluding carboxylic acids is 2. The van der Waals surface area contributed by atoms with E-state index in [1.165, 1.54) is 12.1 Å². The standard InChI is InChI=1S/C18H25N3O5/c1-3-6-13(2)19-17(22)12-26-18(23)14-7-8-15(16(11-14)21(24)25)20-9-4-5-10-20/h7-8,11,13H,3-6,9-10,12H2,1-2H3,(H,19,22)/t13-/m0/s1. The molecular formula is C18H25N3O5. The third kappa shape index (κ3) is 5.18. The number of carbonyl (C=O) groups is 2. The SMILES string of the molecule is CCC[C@H](C)NC(=O)COC(=O)c1ccc(N2CCCC2)c([N+](=O)[O-])c1. The van der Waals surface area contributed by atoms with E-state index in [0.717, 1.165) is 38.8 Å². The third-order valence-corrected chi connectivity index (χ3v) is 4.32. The maximum atomic E-state index is 12.1. The first-order valence-electron chi connectivity index (χ1n) is 8.92. The van der Waals surface area contributed by atoms with Gasteiger partial charge in [0.2, 0.25) is 0 Å². The van der Waals surface area contributed by atoms with Crippen molar-refractivity contribution < 1.29 is 19.2 Å². The summed E-state index contributed by atoms with van der Waals surface area (Å²) in [5.74, 6) is -1.14. The van der Waals surface area contributed by atoms with Gasteiger partial charge in [0, 0.05) is 25.2 Å². The van der Waals surface area contributed by atoms with Crippen molar-refractivity contribution in [3.63, 3.8) is 0 Å². The first-order chi connectivity index (χ1) is 12.4. The van der Waals surface area contributed by atoms with Crippen LogP contribution in [0.5, 0.6) is 0 Å². The van der Waals surface area contributed by atoms with E-state index >= 15 is 0 Å². The second kappa shape index (κ2) is 9.17. The fraction of sp³-hybridized carbons (Fsp3) is 0.556. The monoisotopic (exact) mass is 363 g/mol. The summed E-state index contributed by atoms with van der Waals surface area (Å²) in [6.07, 6.45) is 3.76. The maximum absolute atomic E-state index is 12.1. The molecule has 0 bridgehead atoms. The molecule has 0 aliphatic carbocycles. The summed E-state index contributed by atoms with van der Waals surface area (Å²) in [5, 5.41) is 14.1. The summed E-state index contributed by atoms with van der Waals surface area (Å²) in [7, 11) is 0. The lowest BCUT2D eigenvalue weighted by Crippen LogP contribution is -2.35. The van der Waals surface area contributed by atoms with Gasteiger partial charge in [0.05, 0.1) is 10.5 Å². The van der Waals surface area contributed by atoms with Crippen molar-refractivity contribution >= 4 is 23.3 Å². The van der Waals surface area contributed by atoms with E-state index in [1.54, 1.807) is 6.07 Å². The first kappa shape index (κ1) is 19.7. The van der Waals surface area contributed by atoms with Gasteiger partial charge in [-0.3, -0.25) is 14.9 Å². The van der Waals surface area contributed by atoms with Gasteiger partial charge in [-0.05, 0) is 38.3 Å². The van der Waals surface area contributed by atoms with Crippen LogP contribution in [0, 0.1) is 10.1 Å². The predicted octanol–water partition coefficient (Wildman–Crippen LogP) is 2.66. The molecule has 8 heteroatoms. The fourth-order valence-corrected chi connectivity index (χ4v) is 3.06. The van der Waals surface area contributed by atoms with Crippen molar-refractivity contribution in [3.8, 4) is 0 Å². The van der Waals surface area contributed by atoms with E-state index in [-0.39, 0.29) is 23.2 Å². The first-order valence-corrected chi connectivity index (χ1v) is 8.92. The van der Waals surface area contributed by atoms with Gasteiger partial charge in [-0.1, -0.05) is 13.3 Å². The van der Waals surface area contributed by atoms with Crippen LogP contribution in [0.1, 0.15) is 49.9 Å². The van der Waals surface area contributed by atoms with E-state index in [1.807, 2.05) is 18.7 Å². The molecule has 0 radical (unpaired) electrons. The quantitative estimate of drug-likeness (QED) is 0.433. The van der Waals surface area contributed by atoms with Crippen molar-refractivity contribution in [2.45, 2.75) is 45.6 Å². The summed E-state index contributed by atoms with van der Waals surface area (Å²) in [6, 6.07) is 4.30. The molecule has 0 aromatic heterocycles. The van der Waals surface area contributed by atoms with Crippen molar-refractivity contribution in [2.75, 3.05) is 24.6 Å². The predicted molar refractivity (Wildman–Crippen MR) is 97.3 cm³/mol. The number of rotatable bonds is 8. The highest BCUT2D eigenvalue weighted by atomic mass is 16.6. The van der Waals surface area contributed by atoms with Crippen LogP contribution in [-0.2, 0) is 9.53 Å². The molecule has 142 valence electrons. The van der Waals surface area contributed by atoms with Gasteiger partial charge in [0.15, 0.2) is 6.61 Å². The van der Waals surface area contributed by atoms with Crippen LogP contribution in [0.15, 0.2) is 18.2 Å². The number of nitro benzene ring substituents is 1. The average Bonchev–Trinajstić information content (AvgIpc) is 3.13. The molecule has 1 amide bonds. The van der Waals surface area contributed by atoms with E-state index < -0.39 is 17.5 Å². The topological polar surface area (TPSA) is 102 Å². The molecule has 2 rings (SSSR count). The van der Waals surface area contributed by atoms with Gasteiger partial charge < -0.3 is 15.0 Å². The van der Waals surface area contributed by atoms with Crippen molar-refractivity contribution in [1.29, 1.82) is 0 Å². The summed E-state index contributed by atoms with van der Waals surface area (Å²) in [4.78, 5) is 36.7. The zero-order valence-electron chi connectivity index (χ0n) is 15.2. The lowest BCUT2D eigenvalue weighted by atomic mass is 10.1. The minimum absolute atomic E-state index is 0.00651. The van der Waals surface area contributed by atoms with Crippen LogP contribution < -0.4 is 10.2 Å². The molecule has 0 saturated carbocycles. The zero-order chi connectivity index (χ0) is 19.1. The number of hydrogen-bond donors (Lipinski definition) is 1. The Morgan fingerprint density at radius 2 is 2.04 bits per heavy atom. The van der Waals surface area contributed by atoms with Crippen LogP contribution in [0.4, 0.5) is 11.4 Å². The number of ether oxygens (including phenoxy) is 1. The number of nitro groups is 1. The number of benzene rings is 1. The number of hydrogen-bond acceptors (Lipinski definition) is 6. The smallest absolute Gasteiger partial charge is 0.338 e. The number of anilines is 1. The highest BCUT2D eigenvalue weighted by Crippen LogP contribution is 2.31. The molecule has 1 aliphatic heterocycles. The summed E-state index contributed by atoms with van der Waals surface area (Å²) >= 11 is 0. The normalized spacial score (nSPS) is 14.8. The molecule has 1 fully saturated rings. The highest BCUT2D eigenvalue weighted by molar-refractivity contribution is 5.93. The van der Waals surface area contributed by atoms with Crippen LogP contribution in [0.3, 0.4) is 0 Å². The van der Waals surface area contributed by atoms with Crippen molar-refractivity contribution in [1.82, 2.24) is 5.32 Å². The Morgan fingerprint density at radius 3 is 2.65 bits per heavy atom. The Bertz CT molecular complexity index is 671. The molecule has 1 saturated heterocycles. The number of nitrogens with one attached hydrogen (secondary N) is 1. The second-order valence-corrected chi connectivity index (χ2v) is 6.49. The number of esters is 1.